The van der Waals surface area contributed by atoms with Crippen molar-refractivity contribution in [3.63, 3.8) is 0 Å². The molecular weight excluding hydrogens is 330 g/mol. The van der Waals surface area contributed by atoms with Gasteiger partial charge in [-0.15, -0.1) is 0 Å². The molecule has 1 aromatic rings. The van der Waals surface area contributed by atoms with Gasteiger partial charge < -0.3 is 15.7 Å². The fraction of sp³-hybridized carbons (Fsp3) is 0.182. The monoisotopic (exact) mass is 339 g/mol. The molecule has 9 heteroatoms. The highest BCUT2D eigenvalue weighted by Gasteiger charge is 2.09. The summed E-state index contributed by atoms with van der Waals surface area (Å²) in [5.41, 5.74) is -0.207. The Morgan fingerprint density at radius 3 is 2.65 bits per heavy atom. The third-order valence-electron chi connectivity index (χ3n) is 1.96. The fourth-order valence-electron chi connectivity index (χ4n) is 1.05. The van der Waals surface area contributed by atoms with E-state index >= 15 is 0 Å². The van der Waals surface area contributed by atoms with E-state index in [-0.39, 0.29) is 24.5 Å². The lowest BCUT2D eigenvalue weighted by atomic mass is 10.3. The second-order valence-electron chi connectivity index (χ2n) is 3.44. The molecule has 0 bridgehead atoms. The number of hydrogen-bond donors (Lipinski definition) is 3. The van der Waals surface area contributed by atoms with E-state index in [4.69, 9.17) is 10.4 Å². The zero-order chi connectivity index (χ0) is 15.0. The van der Waals surface area contributed by atoms with Crippen molar-refractivity contribution >= 4 is 33.8 Å². The molecule has 0 saturated carbocycles. The smallest absolute Gasteiger partial charge is 0.305 e. The minimum absolute atomic E-state index is 0.0536. The molecule has 0 aliphatic heterocycles. The first kappa shape index (κ1) is 15.6. The third-order valence-corrected chi connectivity index (χ3v) is 2.36. The summed E-state index contributed by atoms with van der Waals surface area (Å²) < 4.78 is 0.693. The van der Waals surface area contributed by atoms with Gasteiger partial charge in [-0.25, -0.2) is 9.97 Å². The maximum Gasteiger partial charge on any atom is 0.305 e. The predicted molar refractivity (Wildman–Crippen MR) is 72.3 cm³/mol. The summed E-state index contributed by atoms with van der Waals surface area (Å²) in [5.74, 6) is -1.48. The SMILES string of the molecule is N#C/C(=C/Nc1ncc(Br)cn1)C(=O)NCCC(=O)O. The summed E-state index contributed by atoms with van der Waals surface area (Å²) in [6.07, 6.45) is 3.94. The second kappa shape index (κ2) is 7.85. The quantitative estimate of drug-likeness (QED) is 0.512. The van der Waals surface area contributed by atoms with Crippen molar-refractivity contribution in [1.82, 2.24) is 15.3 Å². The van der Waals surface area contributed by atoms with Crippen LogP contribution in [0.5, 0.6) is 0 Å². The highest BCUT2D eigenvalue weighted by atomic mass is 79.9. The van der Waals surface area contributed by atoms with Gasteiger partial charge in [0.15, 0.2) is 0 Å². The van der Waals surface area contributed by atoms with Crippen LogP contribution in [0.25, 0.3) is 0 Å². The number of rotatable bonds is 6. The second-order valence-corrected chi connectivity index (χ2v) is 4.35. The van der Waals surface area contributed by atoms with Crippen molar-refractivity contribution in [2.24, 2.45) is 0 Å². The van der Waals surface area contributed by atoms with Gasteiger partial charge in [0, 0.05) is 25.1 Å². The number of carboxylic acid groups (broad SMARTS) is 1. The molecule has 0 spiro atoms. The molecule has 3 N–H and O–H groups in total. The number of amides is 1. The Morgan fingerprint density at radius 1 is 1.45 bits per heavy atom. The van der Waals surface area contributed by atoms with Crippen LogP contribution >= 0.6 is 15.9 Å². The summed E-state index contributed by atoms with van der Waals surface area (Å²) in [6.45, 7) is -0.0536. The molecule has 0 aromatic carbocycles. The number of aliphatic carboxylic acids is 1. The van der Waals surface area contributed by atoms with Crippen LogP contribution in [0, 0.1) is 11.3 Å². The number of hydrogen-bond acceptors (Lipinski definition) is 6. The standard InChI is InChI=1S/C11H10BrN5O3/c12-8-5-16-11(17-6-8)15-4-7(3-13)10(20)14-2-1-9(18)19/h4-6H,1-2H2,(H,14,20)(H,18,19)(H,15,16,17)/b7-4-. The molecule has 1 rings (SSSR count). The van der Waals surface area contributed by atoms with E-state index in [1.165, 1.54) is 12.4 Å². The normalized spacial score (nSPS) is 10.5. The Balaban J connectivity index is 2.58. The molecule has 0 saturated heterocycles. The number of aromatic nitrogens is 2. The van der Waals surface area contributed by atoms with Crippen LogP contribution in [0.4, 0.5) is 5.95 Å². The van der Waals surface area contributed by atoms with Gasteiger partial charge in [-0.2, -0.15) is 5.26 Å². The average Bonchev–Trinajstić information content (AvgIpc) is 2.41. The van der Waals surface area contributed by atoms with Gasteiger partial charge in [-0.05, 0) is 15.9 Å². The Bertz CT molecular complexity index is 564. The molecule has 0 atom stereocenters. The third kappa shape index (κ3) is 5.45. The first-order chi connectivity index (χ1) is 9.52. The number of halogens is 1. The topological polar surface area (TPSA) is 128 Å². The van der Waals surface area contributed by atoms with Crippen LogP contribution < -0.4 is 10.6 Å². The molecule has 0 aliphatic rings. The molecule has 8 nitrogen and oxygen atoms in total. The Kier molecular flexibility index (Phi) is 6.12. The Morgan fingerprint density at radius 2 is 2.10 bits per heavy atom. The minimum atomic E-state index is -1.03. The lowest BCUT2D eigenvalue weighted by Crippen LogP contribution is -2.27. The van der Waals surface area contributed by atoms with E-state index in [1.54, 1.807) is 6.07 Å². The highest BCUT2D eigenvalue weighted by Crippen LogP contribution is 2.07. The molecule has 104 valence electrons. The van der Waals surface area contributed by atoms with E-state index < -0.39 is 11.9 Å². The number of nitrogens with zero attached hydrogens (tertiary/aromatic N) is 3. The van der Waals surface area contributed by atoms with Gasteiger partial charge in [0.25, 0.3) is 5.91 Å². The van der Waals surface area contributed by atoms with Crippen LogP contribution in [-0.2, 0) is 9.59 Å². The number of nitriles is 1. The number of carbonyl (C=O) groups excluding carboxylic acids is 1. The Hall–Kier alpha value is -2.47. The van der Waals surface area contributed by atoms with Gasteiger partial charge >= 0.3 is 5.97 Å². The molecule has 0 radical (unpaired) electrons. The maximum absolute atomic E-state index is 11.5. The van der Waals surface area contributed by atoms with E-state index in [0.717, 1.165) is 6.20 Å². The minimum Gasteiger partial charge on any atom is -0.481 e. The van der Waals surface area contributed by atoms with E-state index in [9.17, 15) is 9.59 Å². The summed E-state index contributed by atoms with van der Waals surface area (Å²) in [7, 11) is 0. The van der Waals surface area contributed by atoms with Crippen LogP contribution in [0.1, 0.15) is 6.42 Å². The average molecular weight is 340 g/mol. The maximum atomic E-state index is 11.5. The lowest BCUT2D eigenvalue weighted by Gasteiger charge is -2.03. The van der Waals surface area contributed by atoms with Crippen LogP contribution in [0.3, 0.4) is 0 Å². The summed E-state index contributed by atoms with van der Waals surface area (Å²) in [4.78, 5) is 29.6. The molecule has 0 fully saturated rings. The molecule has 1 amide bonds. The predicted octanol–water partition coefficient (Wildman–Crippen LogP) is 0.649. The van der Waals surface area contributed by atoms with Crippen molar-refractivity contribution in [2.45, 2.75) is 6.42 Å². The molecule has 0 aliphatic carbocycles. The van der Waals surface area contributed by atoms with Gasteiger partial charge in [-0.1, -0.05) is 0 Å². The van der Waals surface area contributed by atoms with Crippen molar-refractivity contribution in [3.05, 3.63) is 28.6 Å². The van der Waals surface area contributed by atoms with Crippen molar-refractivity contribution in [3.8, 4) is 6.07 Å². The van der Waals surface area contributed by atoms with Gasteiger partial charge in [0.2, 0.25) is 5.95 Å². The molecular formula is C11H10BrN5O3. The van der Waals surface area contributed by atoms with Gasteiger partial charge in [0.05, 0.1) is 10.9 Å². The first-order valence-electron chi connectivity index (χ1n) is 5.37. The van der Waals surface area contributed by atoms with Crippen molar-refractivity contribution in [2.75, 3.05) is 11.9 Å². The number of nitrogens with one attached hydrogen (secondary N) is 2. The summed E-state index contributed by atoms with van der Waals surface area (Å²) >= 11 is 3.17. The lowest BCUT2D eigenvalue weighted by molar-refractivity contribution is -0.136. The van der Waals surface area contributed by atoms with Gasteiger partial charge in [0.1, 0.15) is 11.6 Å². The first-order valence-corrected chi connectivity index (χ1v) is 6.16. The van der Waals surface area contributed by atoms with Crippen molar-refractivity contribution < 1.29 is 14.7 Å². The molecule has 1 heterocycles. The molecule has 0 unspecified atom stereocenters. The fourth-order valence-corrected chi connectivity index (χ4v) is 1.26. The van der Waals surface area contributed by atoms with Crippen LogP contribution in [0.15, 0.2) is 28.6 Å². The van der Waals surface area contributed by atoms with Crippen LogP contribution in [0.2, 0.25) is 0 Å². The highest BCUT2D eigenvalue weighted by molar-refractivity contribution is 9.10. The largest absolute Gasteiger partial charge is 0.481 e. The number of anilines is 1. The Labute approximate surface area is 122 Å². The van der Waals surface area contributed by atoms with E-state index in [2.05, 4.69) is 36.5 Å². The zero-order valence-electron chi connectivity index (χ0n) is 10.1. The van der Waals surface area contributed by atoms with E-state index in [1.807, 2.05) is 0 Å². The summed E-state index contributed by atoms with van der Waals surface area (Å²) in [6, 6.07) is 1.70. The van der Waals surface area contributed by atoms with Crippen molar-refractivity contribution in [1.29, 1.82) is 5.26 Å². The van der Waals surface area contributed by atoms with Gasteiger partial charge in [-0.3, -0.25) is 9.59 Å². The summed E-state index contributed by atoms with van der Waals surface area (Å²) in [5, 5.41) is 22.2. The molecule has 1 aromatic heterocycles. The van der Waals surface area contributed by atoms with Crippen LogP contribution in [-0.4, -0.2) is 33.5 Å². The van der Waals surface area contributed by atoms with E-state index in [0.29, 0.717) is 4.47 Å². The number of carbonyl (C=O) groups is 2. The number of carboxylic acids is 1. The molecule has 20 heavy (non-hydrogen) atoms. The zero-order valence-corrected chi connectivity index (χ0v) is 11.7.